The molecule has 0 aliphatic carbocycles. The number of amides is 1. The Morgan fingerprint density at radius 3 is 2.67 bits per heavy atom. The summed E-state index contributed by atoms with van der Waals surface area (Å²) >= 11 is 5.72. The van der Waals surface area contributed by atoms with Crippen molar-refractivity contribution in [2.24, 2.45) is 5.92 Å². The molecule has 0 bridgehead atoms. The third-order valence-corrected chi connectivity index (χ3v) is 4.55. The Balaban J connectivity index is 2.31. The quantitative estimate of drug-likeness (QED) is 0.469. The van der Waals surface area contributed by atoms with Gasteiger partial charge in [-0.1, -0.05) is 11.6 Å². The molecule has 7 nitrogen and oxygen atoms in total. The molecule has 1 unspecified atom stereocenters. The molecule has 1 amide bonds. The fraction of sp³-hybridized carbons (Fsp3) is 0.364. The van der Waals surface area contributed by atoms with Crippen LogP contribution in [0.15, 0.2) is 18.2 Å². The largest absolute Gasteiger partial charge is 0.306 e. The number of nitrogens with zero attached hydrogens (tertiary/aromatic N) is 2. The van der Waals surface area contributed by atoms with Crippen molar-refractivity contribution in [1.82, 2.24) is 0 Å². The second-order valence-electron chi connectivity index (χ2n) is 4.67. The molecular weight excluding hydrogens is 343 g/mol. The van der Waals surface area contributed by atoms with E-state index < -0.39 is 19.9 Å². The number of nitro groups is 1. The van der Waals surface area contributed by atoms with E-state index in [-0.39, 0.29) is 41.0 Å². The van der Waals surface area contributed by atoms with Gasteiger partial charge in [-0.15, -0.1) is 0 Å². The zero-order valence-electron chi connectivity index (χ0n) is 10.5. The maximum atomic E-state index is 12.0. The van der Waals surface area contributed by atoms with E-state index in [1.165, 1.54) is 17.0 Å². The Kier molecular flexibility index (Phi) is 4.40. The zero-order chi connectivity index (χ0) is 15.8. The fourth-order valence-electron chi connectivity index (χ4n) is 2.28. The molecule has 114 valence electrons. The van der Waals surface area contributed by atoms with Crippen LogP contribution in [-0.4, -0.2) is 31.5 Å². The van der Waals surface area contributed by atoms with Crippen LogP contribution in [0, 0.1) is 16.0 Å². The Hall–Kier alpha value is -1.38. The number of carbonyl (C=O) groups is 1. The number of hydrogen-bond acceptors (Lipinski definition) is 5. The summed E-state index contributed by atoms with van der Waals surface area (Å²) in [6.45, 7) is 0.0628. The van der Waals surface area contributed by atoms with Crippen molar-refractivity contribution in [1.29, 1.82) is 0 Å². The molecule has 1 saturated heterocycles. The number of rotatable bonds is 4. The van der Waals surface area contributed by atoms with E-state index in [0.717, 1.165) is 6.07 Å². The number of halogens is 2. The summed E-state index contributed by atoms with van der Waals surface area (Å²) in [5, 5.41) is 11.2. The van der Waals surface area contributed by atoms with E-state index in [4.69, 9.17) is 22.3 Å². The van der Waals surface area contributed by atoms with E-state index in [9.17, 15) is 23.3 Å². The Morgan fingerprint density at radius 1 is 1.43 bits per heavy atom. The SMILES string of the molecule is O=C1CC(CS(=O)(=O)Cl)CN1c1ccc(Cl)cc1[N+](=O)[O-]. The van der Waals surface area contributed by atoms with Gasteiger partial charge in [0.05, 0.1) is 10.7 Å². The van der Waals surface area contributed by atoms with Crippen molar-refractivity contribution in [3.05, 3.63) is 33.3 Å². The van der Waals surface area contributed by atoms with Gasteiger partial charge < -0.3 is 4.90 Å². The van der Waals surface area contributed by atoms with Crippen LogP contribution < -0.4 is 4.90 Å². The zero-order valence-corrected chi connectivity index (χ0v) is 12.9. The minimum absolute atomic E-state index is 0.0221. The fourth-order valence-corrected chi connectivity index (χ4v) is 3.77. The standard InChI is InChI=1S/C11H10Cl2N2O5S/c12-8-1-2-9(10(4-8)15(17)18)14-5-7(3-11(14)16)6-21(13,19)20/h1-2,4,7H,3,5-6H2. The molecule has 1 atom stereocenters. The highest BCUT2D eigenvalue weighted by molar-refractivity contribution is 8.13. The molecule has 0 spiro atoms. The van der Waals surface area contributed by atoms with Crippen LogP contribution in [0.1, 0.15) is 6.42 Å². The van der Waals surface area contributed by atoms with Crippen molar-refractivity contribution in [3.63, 3.8) is 0 Å². The Bertz CT molecular complexity index is 707. The number of nitro benzene ring substituents is 1. The molecule has 1 heterocycles. The van der Waals surface area contributed by atoms with Gasteiger partial charge in [-0.3, -0.25) is 14.9 Å². The maximum Gasteiger partial charge on any atom is 0.294 e. The molecule has 0 aromatic heterocycles. The lowest BCUT2D eigenvalue weighted by atomic mass is 10.1. The summed E-state index contributed by atoms with van der Waals surface area (Å²) in [6.07, 6.45) is -0.0221. The molecule has 2 rings (SSSR count). The molecule has 10 heteroatoms. The van der Waals surface area contributed by atoms with E-state index >= 15 is 0 Å². The van der Waals surface area contributed by atoms with E-state index in [1.807, 2.05) is 0 Å². The number of anilines is 1. The second kappa shape index (κ2) is 5.78. The second-order valence-corrected chi connectivity index (χ2v) is 7.93. The van der Waals surface area contributed by atoms with Gasteiger partial charge in [-0.2, -0.15) is 0 Å². The molecule has 0 N–H and O–H groups in total. The lowest BCUT2D eigenvalue weighted by Gasteiger charge is -2.16. The van der Waals surface area contributed by atoms with Gasteiger partial charge in [0.15, 0.2) is 0 Å². The van der Waals surface area contributed by atoms with Gasteiger partial charge >= 0.3 is 0 Å². The lowest BCUT2D eigenvalue weighted by molar-refractivity contribution is -0.384. The van der Waals surface area contributed by atoms with Crippen LogP contribution in [0.4, 0.5) is 11.4 Å². The van der Waals surface area contributed by atoms with Crippen LogP contribution in [0.3, 0.4) is 0 Å². The molecular formula is C11H10Cl2N2O5S. The summed E-state index contributed by atoms with van der Waals surface area (Å²) in [6, 6.07) is 3.95. The maximum absolute atomic E-state index is 12.0. The minimum Gasteiger partial charge on any atom is -0.306 e. The normalized spacial score (nSPS) is 19.0. The van der Waals surface area contributed by atoms with Crippen LogP contribution in [0.2, 0.25) is 5.02 Å². The minimum atomic E-state index is -3.73. The van der Waals surface area contributed by atoms with Crippen molar-refractivity contribution in [2.75, 3.05) is 17.2 Å². The first kappa shape index (κ1) is 16.0. The van der Waals surface area contributed by atoms with Crippen LogP contribution in [0.25, 0.3) is 0 Å². The topological polar surface area (TPSA) is 97.6 Å². The highest BCUT2D eigenvalue weighted by Gasteiger charge is 2.36. The molecule has 1 aromatic rings. The highest BCUT2D eigenvalue weighted by atomic mass is 35.7. The first-order valence-electron chi connectivity index (χ1n) is 5.84. The Morgan fingerprint density at radius 2 is 2.10 bits per heavy atom. The third-order valence-electron chi connectivity index (χ3n) is 3.06. The number of hydrogen-bond donors (Lipinski definition) is 0. The predicted molar refractivity (Wildman–Crippen MR) is 78.2 cm³/mol. The molecule has 0 saturated carbocycles. The Labute approximate surface area is 130 Å². The number of carbonyl (C=O) groups excluding carboxylic acids is 1. The summed E-state index contributed by atoms with van der Waals surface area (Å²) < 4.78 is 22.1. The van der Waals surface area contributed by atoms with E-state index in [2.05, 4.69) is 0 Å². The van der Waals surface area contributed by atoms with Gasteiger partial charge in [0.1, 0.15) is 5.69 Å². The van der Waals surface area contributed by atoms with Gasteiger partial charge in [0, 0.05) is 40.7 Å². The first-order chi connectivity index (χ1) is 9.67. The summed E-state index contributed by atoms with van der Waals surface area (Å²) in [5.74, 6) is -1.22. The molecule has 1 aliphatic rings. The average molecular weight is 353 g/mol. The summed E-state index contributed by atoms with van der Waals surface area (Å²) in [7, 11) is 1.44. The van der Waals surface area contributed by atoms with Crippen molar-refractivity contribution >= 4 is 48.6 Å². The van der Waals surface area contributed by atoms with Crippen molar-refractivity contribution in [2.45, 2.75) is 6.42 Å². The molecule has 1 fully saturated rings. The molecule has 0 radical (unpaired) electrons. The van der Waals surface area contributed by atoms with Crippen LogP contribution in [-0.2, 0) is 13.8 Å². The van der Waals surface area contributed by atoms with Gasteiger partial charge in [0.25, 0.3) is 5.69 Å². The monoisotopic (exact) mass is 352 g/mol. The molecule has 1 aliphatic heterocycles. The van der Waals surface area contributed by atoms with E-state index in [0.29, 0.717) is 0 Å². The lowest BCUT2D eigenvalue weighted by Crippen LogP contribution is -2.26. The van der Waals surface area contributed by atoms with E-state index in [1.54, 1.807) is 0 Å². The van der Waals surface area contributed by atoms with Crippen molar-refractivity contribution in [3.8, 4) is 0 Å². The first-order valence-corrected chi connectivity index (χ1v) is 8.69. The summed E-state index contributed by atoms with van der Waals surface area (Å²) in [5.41, 5.74) is -0.200. The predicted octanol–water partition coefficient (Wildman–Crippen LogP) is 2.17. The number of benzene rings is 1. The summed E-state index contributed by atoms with van der Waals surface area (Å²) in [4.78, 5) is 23.6. The van der Waals surface area contributed by atoms with Gasteiger partial charge in [0.2, 0.25) is 15.0 Å². The van der Waals surface area contributed by atoms with Gasteiger partial charge in [-0.05, 0) is 12.1 Å². The molecule has 21 heavy (non-hydrogen) atoms. The van der Waals surface area contributed by atoms with Crippen LogP contribution >= 0.6 is 22.3 Å². The average Bonchev–Trinajstić information content (AvgIpc) is 2.67. The van der Waals surface area contributed by atoms with Crippen LogP contribution in [0.5, 0.6) is 0 Å². The van der Waals surface area contributed by atoms with Crippen molar-refractivity contribution < 1.29 is 18.1 Å². The smallest absolute Gasteiger partial charge is 0.294 e. The molecule has 1 aromatic carbocycles. The highest BCUT2D eigenvalue weighted by Crippen LogP contribution is 2.35. The third kappa shape index (κ3) is 3.84. The van der Waals surface area contributed by atoms with Gasteiger partial charge in [-0.25, -0.2) is 8.42 Å².